The molecule has 0 unspecified atom stereocenters. The number of nitrogens with zero attached hydrogens (tertiary/aromatic N) is 1. The van der Waals surface area contributed by atoms with Crippen LogP contribution in [0.1, 0.15) is 109 Å². The highest BCUT2D eigenvalue weighted by molar-refractivity contribution is 5.96. The lowest BCUT2D eigenvalue weighted by molar-refractivity contribution is -0.319. The third-order valence-corrected chi connectivity index (χ3v) is 11.7. The van der Waals surface area contributed by atoms with Gasteiger partial charge in [0.25, 0.3) is 0 Å². The molecule has 3 heterocycles. The van der Waals surface area contributed by atoms with Gasteiger partial charge in [0, 0.05) is 39.2 Å². The van der Waals surface area contributed by atoms with Crippen LogP contribution in [-0.4, -0.2) is 138 Å². The van der Waals surface area contributed by atoms with E-state index < -0.39 is 102 Å². The van der Waals surface area contributed by atoms with Gasteiger partial charge in [-0.25, -0.2) is 0 Å². The predicted molar refractivity (Wildman–Crippen MR) is 204 cm³/mol. The van der Waals surface area contributed by atoms with Crippen LogP contribution in [0.2, 0.25) is 0 Å². The topological polar surface area (TPSA) is 186 Å². The Bertz CT molecular complexity index is 1410. The maximum absolute atomic E-state index is 14.2. The van der Waals surface area contributed by atoms with Gasteiger partial charge in [-0.3, -0.25) is 19.2 Å². The van der Waals surface area contributed by atoms with E-state index in [0.717, 1.165) is 0 Å². The fourth-order valence-electron chi connectivity index (χ4n) is 8.78. The van der Waals surface area contributed by atoms with Crippen LogP contribution in [0.5, 0.6) is 0 Å². The zero-order chi connectivity index (χ0) is 42.7. The number of hydrogen-bond donors (Lipinski definition) is 2. The molecule has 0 aliphatic carbocycles. The molecule has 15 nitrogen and oxygen atoms in total. The highest BCUT2D eigenvalue weighted by Crippen LogP contribution is 2.41. The van der Waals surface area contributed by atoms with Crippen molar-refractivity contribution >= 4 is 23.7 Å². The fraction of sp³-hybridized carbons (Fsp3) is 0.854. The van der Waals surface area contributed by atoms with Crippen LogP contribution in [0, 0.1) is 17.8 Å². The number of cyclic esters (lactones) is 1. The highest BCUT2D eigenvalue weighted by atomic mass is 16.7. The molecule has 0 amide bonds. The largest absolute Gasteiger partial charge is 0.459 e. The third-order valence-electron chi connectivity index (χ3n) is 11.7. The molecule has 2 N–H and O–H groups in total. The number of Topliss-reactive ketones (excluding diaryl/α,β-unsaturated/α-hetero) is 1. The lowest BCUT2D eigenvalue weighted by Gasteiger charge is -2.49. The van der Waals surface area contributed by atoms with Gasteiger partial charge in [-0.05, 0) is 93.5 Å². The van der Waals surface area contributed by atoms with Crippen molar-refractivity contribution in [3.8, 4) is 0 Å². The Hall–Kier alpha value is -2.50. The van der Waals surface area contributed by atoms with Gasteiger partial charge in [-0.2, -0.15) is 0 Å². The molecule has 0 aromatic heterocycles. The predicted octanol–water partition coefficient (Wildman–Crippen LogP) is 3.88. The molecule has 3 aliphatic rings. The van der Waals surface area contributed by atoms with Gasteiger partial charge >= 0.3 is 17.9 Å². The Morgan fingerprint density at radius 2 is 1.52 bits per heavy atom. The summed E-state index contributed by atoms with van der Waals surface area (Å²) in [6.45, 7) is 19.4. The molecule has 0 bridgehead atoms. The normalized spacial score (nSPS) is 43.3. The van der Waals surface area contributed by atoms with E-state index in [1.807, 2.05) is 25.9 Å². The molecule has 0 spiro atoms. The molecular weight excluding hydrogens is 730 g/mol. The van der Waals surface area contributed by atoms with Gasteiger partial charge < -0.3 is 53.0 Å². The lowest BCUT2D eigenvalue weighted by atomic mass is 9.76. The smallest absolute Gasteiger partial charge is 0.311 e. The third kappa shape index (κ3) is 11.4. The van der Waals surface area contributed by atoms with Gasteiger partial charge in [-0.15, -0.1) is 0 Å². The average Bonchev–Trinajstić information content (AvgIpc) is 3.08. The monoisotopic (exact) mass is 799 g/mol. The second-order valence-corrected chi connectivity index (χ2v) is 17.2. The summed E-state index contributed by atoms with van der Waals surface area (Å²) in [4.78, 5) is 54.5. The number of ketones is 1. The number of ether oxygens (including phenoxy) is 8. The molecule has 3 rings (SSSR count). The van der Waals surface area contributed by atoms with Crippen LogP contribution in [0.4, 0.5) is 0 Å². The van der Waals surface area contributed by atoms with Gasteiger partial charge in [0.05, 0.1) is 42.0 Å². The molecule has 16 atom stereocenters. The van der Waals surface area contributed by atoms with Crippen LogP contribution >= 0.6 is 0 Å². The second-order valence-electron chi connectivity index (χ2n) is 17.2. The van der Waals surface area contributed by atoms with E-state index in [2.05, 4.69) is 0 Å². The number of carbonyl (C=O) groups excluding carboxylic acids is 4. The first-order valence-electron chi connectivity index (χ1n) is 19.8. The molecule has 322 valence electrons. The Balaban J connectivity index is 2.23. The maximum atomic E-state index is 14.2. The van der Waals surface area contributed by atoms with Gasteiger partial charge in [-0.1, -0.05) is 20.8 Å². The Morgan fingerprint density at radius 1 is 0.911 bits per heavy atom. The standard InChI is InChI=1S/C41H69NO14/c1-16-30-39(10,47)18-21(2)32(45)22(3)19-40(11,48)35(56-38-34(52-27(8)43)29(42(13)14)17-23(4)50-38)24(5)33(25(6)37(46)54-30)55-31-20-41(12,49-15)36(26(7)51-31)53-28(9)44/h18,22-26,29-31,33-36,38,47-48H,16-17,19-20H2,1-15H3/t22-,23-,24+,25-,26+,29+,30-,31+,33+,34-,35-,36+,38+,39+,40-,41-/m1/s1. The summed E-state index contributed by atoms with van der Waals surface area (Å²) in [5, 5.41) is 24.1. The number of methoxy groups -OCH3 is 1. The Morgan fingerprint density at radius 3 is 2.05 bits per heavy atom. The molecule has 15 heteroatoms. The second kappa shape index (κ2) is 19.0. The zero-order valence-electron chi connectivity index (χ0n) is 36.2. The molecule has 2 fully saturated rings. The molecule has 0 aromatic carbocycles. The minimum absolute atomic E-state index is 0.0862. The van der Waals surface area contributed by atoms with Crippen molar-refractivity contribution in [1.82, 2.24) is 4.90 Å². The van der Waals surface area contributed by atoms with Crippen LogP contribution in [0.25, 0.3) is 0 Å². The number of likely N-dealkylation sites (N-methyl/N-ethyl adjacent to an activating group) is 1. The number of hydrogen-bond acceptors (Lipinski definition) is 15. The van der Waals surface area contributed by atoms with E-state index in [9.17, 15) is 29.4 Å². The van der Waals surface area contributed by atoms with E-state index in [4.69, 9.17) is 37.9 Å². The van der Waals surface area contributed by atoms with E-state index in [-0.39, 0.29) is 42.8 Å². The summed E-state index contributed by atoms with van der Waals surface area (Å²) in [5.41, 5.74) is -4.31. The Kier molecular flexibility index (Phi) is 16.3. The van der Waals surface area contributed by atoms with E-state index >= 15 is 0 Å². The number of esters is 3. The summed E-state index contributed by atoms with van der Waals surface area (Å²) in [6.07, 6.45) is -6.09. The minimum atomic E-state index is -1.79. The van der Waals surface area contributed by atoms with Gasteiger partial charge in [0.15, 0.2) is 30.6 Å². The van der Waals surface area contributed by atoms with Crippen molar-refractivity contribution in [2.75, 3.05) is 21.2 Å². The average molecular weight is 800 g/mol. The first-order valence-corrected chi connectivity index (χ1v) is 19.8. The fourth-order valence-corrected chi connectivity index (χ4v) is 8.78. The Labute approximate surface area is 333 Å². The zero-order valence-corrected chi connectivity index (χ0v) is 36.2. The van der Waals surface area contributed by atoms with Crippen molar-refractivity contribution in [1.29, 1.82) is 0 Å². The van der Waals surface area contributed by atoms with E-state index in [0.29, 0.717) is 6.42 Å². The highest BCUT2D eigenvalue weighted by Gasteiger charge is 2.53. The number of aliphatic hydroxyl groups is 2. The van der Waals surface area contributed by atoms with Crippen LogP contribution < -0.4 is 0 Å². The lowest BCUT2D eigenvalue weighted by Crippen LogP contribution is -2.61. The number of carbonyl (C=O) groups is 4. The minimum Gasteiger partial charge on any atom is -0.459 e. The molecule has 0 radical (unpaired) electrons. The van der Waals surface area contributed by atoms with E-state index in [1.54, 1.807) is 55.4 Å². The number of rotatable bonds is 9. The summed E-state index contributed by atoms with van der Waals surface area (Å²) >= 11 is 0. The molecule has 0 aromatic rings. The maximum Gasteiger partial charge on any atom is 0.311 e. The SMILES string of the molecule is CC[C@H]1OC(=O)[C@H](C)[C@@H](O[C@H]2C[C@@](C)(OC)[C@@H](OC(C)=O)[C@H](C)O2)[C@H](C)[C@@H](O[C@@H]2O[C@H](C)C[C@H](N(C)C)[C@H]2OC(C)=O)[C@](C)(O)C[C@@H](C)C(=O)C(C)=C[C@]1(C)O. The van der Waals surface area contributed by atoms with Crippen molar-refractivity contribution in [2.45, 2.75) is 187 Å². The van der Waals surface area contributed by atoms with Crippen molar-refractivity contribution in [3.05, 3.63) is 11.6 Å². The molecule has 2 saturated heterocycles. The van der Waals surface area contributed by atoms with Crippen LogP contribution in [0.15, 0.2) is 11.6 Å². The van der Waals surface area contributed by atoms with Gasteiger partial charge in [0.1, 0.15) is 17.3 Å². The molecule has 0 saturated carbocycles. The van der Waals surface area contributed by atoms with Crippen LogP contribution in [-0.2, 0) is 57.1 Å². The summed E-state index contributed by atoms with van der Waals surface area (Å²) in [5.74, 6) is -4.76. The quantitative estimate of drug-likeness (QED) is 0.253. The molecular formula is C41H69NO14. The van der Waals surface area contributed by atoms with Crippen LogP contribution in [0.3, 0.4) is 0 Å². The van der Waals surface area contributed by atoms with Crippen molar-refractivity contribution < 1.29 is 67.3 Å². The van der Waals surface area contributed by atoms with Crippen molar-refractivity contribution in [2.24, 2.45) is 17.8 Å². The number of allylic oxidation sites excluding steroid dienone is 1. The molecule has 3 aliphatic heterocycles. The first kappa shape index (κ1) is 47.9. The van der Waals surface area contributed by atoms with Crippen molar-refractivity contribution in [3.63, 3.8) is 0 Å². The summed E-state index contributed by atoms with van der Waals surface area (Å²) in [7, 11) is 5.23. The van der Waals surface area contributed by atoms with Gasteiger partial charge in [0.2, 0.25) is 0 Å². The first-order chi connectivity index (χ1) is 25.8. The van der Waals surface area contributed by atoms with E-state index in [1.165, 1.54) is 34.0 Å². The summed E-state index contributed by atoms with van der Waals surface area (Å²) in [6, 6.07) is -0.312. The summed E-state index contributed by atoms with van der Waals surface area (Å²) < 4.78 is 49.6. The molecule has 56 heavy (non-hydrogen) atoms.